The number of aromatic nitrogens is 4. The lowest BCUT2D eigenvalue weighted by Crippen LogP contribution is -2.31. The zero-order valence-corrected chi connectivity index (χ0v) is 21.8. The number of hydrogen-bond acceptors (Lipinski definition) is 6. The van der Waals surface area contributed by atoms with Crippen LogP contribution in [0.2, 0.25) is 0 Å². The minimum Gasteiger partial charge on any atom is -0.293 e. The van der Waals surface area contributed by atoms with Crippen LogP contribution < -0.4 is 5.56 Å². The van der Waals surface area contributed by atoms with E-state index in [0.29, 0.717) is 29.2 Å². The van der Waals surface area contributed by atoms with E-state index >= 15 is 0 Å². The summed E-state index contributed by atoms with van der Waals surface area (Å²) in [6.07, 6.45) is 9.74. The van der Waals surface area contributed by atoms with E-state index in [9.17, 15) is 9.70 Å². The lowest BCUT2D eigenvalue weighted by Gasteiger charge is -2.23. The topological polar surface area (TPSA) is 90.1 Å². The third kappa shape index (κ3) is 4.32. The van der Waals surface area contributed by atoms with E-state index in [1.165, 1.54) is 6.42 Å². The van der Waals surface area contributed by atoms with Gasteiger partial charge in [-0.1, -0.05) is 29.4 Å². The van der Waals surface area contributed by atoms with Gasteiger partial charge in [-0.3, -0.25) is 19.3 Å². The summed E-state index contributed by atoms with van der Waals surface area (Å²) >= 11 is 0. The molecule has 2 aliphatic rings. The predicted molar refractivity (Wildman–Crippen MR) is 153 cm³/mol. The number of fused-ring (bicyclic) bond motifs is 4. The second-order valence-electron chi connectivity index (χ2n) is 11.2. The fourth-order valence-corrected chi connectivity index (χ4v) is 6.45. The Morgan fingerprint density at radius 2 is 1.79 bits per heavy atom. The van der Waals surface area contributed by atoms with Crippen LogP contribution in [0, 0.1) is 23.7 Å². The minimum absolute atomic E-state index is 0.0950. The fraction of sp³-hybridized carbons (Fsp3) is 0.312. The van der Waals surface area contributed by atoms with Gasteiger partial charge in [0.15, 0.2) is 0 Å². The van der Waals surface area contributed by atoms with E-state index < -0.39 is 0 Å². The van der Waals surface area contributed by atoms with Gasteiger partial charge in [0.25, 0.3) is 5.56 Å². The Hall–Kier alpha value is -4.26. The largest absolute Gasteiger partial charge is 0.293 e. The van der Waals surface area contributed by atoms with Gasteiger partial charge in [0.2, 0.25) is 0 Å². The maximum Gasteiger partial charge on any atom is 0.261 e. The van der Waals surface area contributed by atoms with E-state index in [1.54, 1.807) is 10.9 Å². The smallest absolute Gasteiger partial charge is 0.261 e. The Labute approximate surface area is 225 Å². The third-order valence-corrected chi connectivity index (χ3v) is 8.69. The average molecular weight is 516 g/mol. The quantitative estimate of drug-likeness (QED) is 0.199. The second kappa shape index (κ2) is 9.49. The molecule has 0 radical (unpaired) electrons. The number of benzene rings is 2. The highest BCUT2D eigenvalue weighted by Crippen LogP contribution is 2.50. The molecule has 4 atom stereocenters. The summed E-state index contributed by atoms with van der Waals surface area (Å²) in [6, 6.07) is 17.6. The molecule has 0 aliphatic heterocycles. The van der Waals surface area contributed by atoms with Gasteiger partial charge in [0.1, 0.15) is 6.04 Å². The Kier molecular flexibility index (Phi) is 5.80. The van der Waals surface area contributed by atoms with Crippen molar-refractivity contribution >= 4 is 21.7 Å². The number of nitroso groups, excluding NO2 is 1. The van der Waals surface area contributed by atoms with Gasteiger partial charge in [-0.05, 0) is 97.7 Å². The summed E-state index contributed by atoms with van der Waals surface area (Å²) in [5.74, 6) is 1.26. The van der Waals surface area contributed by atoms with Gasteiger partial charge in [-0.25, -0.2) is 4.98 Å². The number of rotatable bonds is 5. The molecular formula is C32H29N5O2. The molecule has 0 amide bonds. The van der Waals surface area contributed by atoms with Crippen LogP contribution in [0.25, 0.3) is 32.9 Å². The summed E-state index contributed by atoms with van der Waals surface area (Å²) < 4.78 is 1.69. The van der Waals surface area contributed by atoms with Crippen molar-refractivity contribution in [3.63, 3.8) is 0 Å². The number of aryl methyl sites for hydroxylation is 1. The molecule has 2 aromatic carbocycles. The van der Waals surface area contributed by atoms with Crippen LogP contribution >= 0.6 is 0 Å². The van der Waals surface area contributed by atoms with Crippen molar-refractivity contribution in [3.8, 4) is 11.3 Å². The highest BCUT2D eigenvalue weighted by atomic mass is 16.3. The van der Waals surface area contributed by atoms with E-state index in [4.69, 9.17) is 4.98 Å². The number of hydrogen-bond donors (Lipinski definition) is 0. The van der Waals surface area contributed by atoms with E-state index in [2.05, 4.69) is 27.3 Å². The summed E-state index contributed by atoms with van der Waals surface area (Å²) in [5.41, 5.74) is 5.56. The summed E-state index contributed by atoms with van der Waals surface area (Å²) in [7, 11) is 0. The van der Waals surface area contributed by atoms with Crippen LogP contribution in [0.5, 0.6) is 0 Å². The molecule has 7 heteroatoms. The molecule has 2 saturated carbocycles. The van der Waals surface area contributed by atoms with E-state index in [1.807, 2.05) is 61.8 Å². The molecule has 2 fully saturated rings. The SMILES string of the molecule is Cc1ccc(-c2cc(Cc3cc4c(=O)n(C5CCC6CC6CC5N=O)cnc4c4ccccc34)ccn2)cn1. The molecule has 3 aromatic heterocycles. The van der Waals surface area contributed by atoms with Crippen LogP contribution in [0.15, 0.2) is 83.3 Å². The van der Waals surface area contributed by atoms with Crippen LogP contribution in [-0.2, 0) is 6.42 Å². The maximum atomic E-state index is 14.0. The first-order valence-electron chi connectivity index (χ1n) is 13.7. The lowest BCUT2D eigenvalue weighted by molar-refractivity contribution is 0.362. The zero-order chi connectivity index (χ0) is 26.5. The van der Waals surface area contributed by atoms with Crippen molar-refractivity contribution in [3.05, 3.63) is 105 Å². The van der Waals surface area contributed by atoms with Crippen molar-refractivity contribution in [1.29, 1.82) is 0 Å². The molecule has 5 aromatic rings. The molecule has 3 heterocycles. The first-order chi connectivity index (χ1) is 19.1. The van der Waals surface area contributed by atoms with E-state index in [-0.39, 0.29) is 17.6 Å². The highest BCUT2D eigenvalue weighted by Gasteiger charge is 2.44. The number of pyridine rings is 2. The van der Waals surface area contributed by atoms with Gasteiger partial charge >= 0.3 is 0 Å². The standard InChI is InChI=1S/C32H29N5O2/c1-19-6-7-22(17-34-19)28-13-20(10-11-33-28)12-24-15-27-31(26-5-3-2-4-25(24)26)35-18-37(32(27)38)30-9-8-21-14-23(21)16-29(30)36-39/h2-7,10-11,13,15,17-18,21,23,29-30H,8-9,12,14,16H2,1H3. The molecule has 194 valence electrons. The zero-order valence-electron chi connectivity index (χ0n) is 21.8. The van der Waals surface area contributed by atoms with Crippen molar-refractivity contribution in [2.45, 2.75) is 51.1 Å². The Morgan fingerprint density at radius 3 is 2.62 bits per heavy atom. The van der Waals surface area contributed by atoms with Gasteiger partial charge in [0.05, 0.1) is 29.0 Å². The molecule has 4 unspecified atom stereocenters. The van der Waals surface area contributed by atoms with Crippen LogP contribution in [0.3, 0.4) is 0 Å². The van der Waals surface area contributed by atoms with Gasteiger partial charge in [0, 0.05) is 29.0 Å². The minimum atomic E-state index is -0.383. The molecular weight excluding hydrogens is 486 g/mol. The Bertz CT molecular complexity index is 1780. The predicted octanol–water partition coefficient (Wildman–Crippen LogP) is 6.40. The van der Waals surface area contributed by atoms with Crippen molar-refractivity contribution in [2.24, 2.45) is 17.0 Å². The molecule has 0 bridgehead atoms. The average Bonchev–Trinajstić information content (AvgIpc) is 3.73. The molecule has 7 nitrogen and oxygen atoms in total. The van der Waals surface area contributed by atoms with Gasteiger partial charge in [-0.15, -0.1) is 0 Å². The fourth-order valence-electron chi connectivity index (χ4n) is 6.45. The maximum absolute atomic E-state index is 14.0. The molecule has 39 heavy (non-hydrogen) atoms. The summed E-state index contributed by atoms with van der Waals surface area (Å²) in [4.78, 5) is 39.6. The lowest BCUT2D eigenvalue weighted by atomic mass is 9.95. The van der Waals surface area contributed by atoms with Gasteiger partial charge in [-0.2, -0.15) is 4.91 Å². The number of nitrogens with zero attached hydrogens (tertiary/aromatic N) is 5. The Balaban J connectivity index is 1.32. The summed E-state index contributed by atoms with van der Waals surface area (Å²) in [5, 5.41) is 6.10. The molecule has 2 aliphatic carbocycles. The van der Waals surface area contributed by atoms with Crippen molar-refractivity contribution in [1.82, 2.24) is 19.5 Å². The first-order valence-corrected chi connectivity index (χ1v) is 13.7. The van der Waals surface area contributed by atoms with Crippen molar-refractivity contribution in [2.75, 3.05) is 0 Å². The van der Waals surface area contributed by atoms with Gasteiger partial charge < -0.3 is 0 Å². The monoisotopic (exact) mass is 515 g/mol. The summed E-state index contributed by atoms with van der Waals surface area (Å²) in [6.45, 7) is 1.97. The Morgan fingerprint density at radius 1 is 0.923 bits per heavy atom. The molecule has 0 saturated heterocycles. The molecule has 7 rings (SSSR count). The highest BCUT2D eigenvalue weighted by molar-refractivity contribution is 6.06. The van der Waals surface area contributed by atoms with Crippen molar-refractivity contribution < 1.29 is 0 Å². The third-order valence-electron chi connectivity index (χ3n) is 8.69. The normalized spacial score (nSPS) is 22.4. The van der Waals surface area contributed by atoms with Crippen LogP contribution in [0.1, 0.15) is 48.5 Å². The molecule has 0 N–H and O–H groups in total. The first kappa shape index (κ1) is 23.8. The van der Waals surface area contributed by atoms with Crippen LogP contribution in [-0.4, -0.2) is 25.6 Å². The van der Waals surface area contributed by atoms with Crippen LogP contribution in [0.4, 0.5) is 0 Å². The van der Waals surface area contributed by atoms with E-state index in [0.717, 1.165) is 58.1 Å². The second-order valence-corrected chi connectivity index (χ2v) is 11.2. The molecule has 0 spiro atoms.